The van der Waals surface area contributed by atoms with Crippen LogP contribution < -0.4 is 5.32 Å². The third-order valence-corrected chi connectivity index (χ3v) is 4.35. The lowest BCUT2D eigenvalue weighted by Gasteiger charge is -2.14. The van der Waals surface area contributed by atoms with Crippen molar-refractivity contribution in [2.75, 3.05) is 6.54 Å². The molecular formula is C15H13NOS. The molecule has 0 unspecified atom stereocenters. The largest absolute Gasteiger partial charge is 0.351 e. The van der Waals surface area contributed by atoms with Crippen LogP contribution in [0.3, 0.4) is 0 Å². The van der Waals surface area contributed by atoms with Crippen molar-refractivity contribution < 1.29 is 4.79 Å². The molecule has 2 aromatic rings. The highest BCUT2D eigenvalue weighted by atomic mass is 32.2. The standard InChI is InChI=1S/C15H13NOS/c17-15-12-8-4-5-9-13(12)18-14(10-16-15)11-6-2-1-3-7-11/h1-9,14H,10H2,(H,16,17)/t14-/m1/s1. The number of nitrogens with one attached hydrogen (secondary N) is 1. The Bertz CT molecular complexity index is 568. The summed E-state index contributed by atoms with van der Waals surface area (Å²) in [4.78, 5) is 13.0. The fraction of sp³-hybridized carbons (Fsp3) is 0.133. The number of rotatable bonds is 1. The number of amides is 1. The summed E-state index contributed by atoms with van der Waals surface area (Å²) in [5.41, 5.74) is 2.03. The van der Waals surface area contributed by atoms with Crippen LogP contribution in [0.1, 0.15) is 21.2 Å². The van der Waals surface area contributed by atoms with Crippen molar-refractivity contribution >= 4 is 17.7 Å². The minimum atomic E-state index is 0.0246. The molecule has 1 N–H and O–H groups in total. The van der Waals surface area contributed by atoms with Crippen LogP contribution in [0.5, 0.6) is 0 Å². The Balaban J connectivity index is 1.97. The van der Waals surface area contributed by atoms with E-state index in [0.717, 1.165) is 10.5 Å². The van der Waals surface area contributed by atoms with Gasteiger partial charge in [0.25, 0.3) is 5.91 Å². The quantitative estimate of drug-likeness (QED) is 0.847. The van der Waals surface area contributed by atoms with E-state index in [1.165, 1.54) is 5.56 Å². The molecule has 1 amide bonds. The summed E-state index contributed by atoms with van der Waals surface area (Å²) in [7, 11) is 0. The highest BCUT2D eigenvalue weighted by Crippen LogP contribution is 2.38. The highest BCUT2D eigenvalue weighted by Gasteiger charge is 2.22. The van der Waals surface area contributed by atoms with Gasteiger partial charge in [-0.25, -0.2) is 0 Å². The smallest absolute Gasteiger partial charge is 0.252 e. The summed E-state index contributed by atoms with van der Waals surface area (Å²) in [5.74, 6) is 0.0246. The summed E-state index contributed by atoms with van der Waals surface area (Å²) >= 11 is 1.75. The van der Waals surface area contributed by atoms with Crippen LogP contribution in [0.2, 0.25) is 0 Å². The van der Waals surface area contributed by atoms with Gasteiger partial charge in [-0.1, -0.05) is 42.5 Å². The normalized spacial score (nSPS) is 18.7. The lowest BCUT2D eigenvalue weighted by molar-refractivity contribution is 0.0952. The third-order valence-electron chi connectivity index (χ3n) is 3.02. The van der Waals surface area contributed by atoms with Crippen LogP contribution in [0.15, 0.2) is 59.5 Å². The van der Waals surface area contributed by atoms with E-state index in [2.05, 4.69) is 17.4 Å². The van der Waals surface area contributed by atoms with Gasteiger partial charge in [0, 0.05) is 11.4 Å². The van der Waals surface area contributed by atoms with E-state index in [9.17, 15) is 4.79 Å². The molecule has 0 spiro atoms. The molecule has 0 aliphatic carbocycles. The van der Waals surface area contributed by atoms with Gasteiger partial charge in [-0.05, 0) is 17.7 Å². The van der Waals surface area contributed by atoms with Gasteiger partial charge in [0.2, 0.25) is 0 Å². The lowest BCUT2D eigenvalue weighted by atomic mass is 10.1. The fourth-order valence-corrected chi connectivity index (χ4v) is 3.30. The minimum Gasteiger partial charge on any atom is -0.351 e. The second-order valence-electron chi connectivity index (χ2n) is 4.22. The van der Waals surface area contributed by atoms with Crippen molar-refractivity contribution in [2.45, 2.75) is 10.1 Å². The van der Waals surface area contributed by atoms with E-state index in [1.807, 2.05) is 42.5 Å². The minimum absolute atomic E-state index is 0.0246. The first-order valence-corrected chi connectivity index (χ1v) is 6.81. The Morgan fingerprint density at radius 3 is 2.56 bits per heavy atom. The number of benzene rings is 2. The molecular weight excluding hydrogens is 242 g/mol. The Morgan fingerprint density at radius 2 is 1.72 bits per heavy atom. The van der Waals surface area contributed by atoms with Crippen LogP contribution in [0.25, 0.3) is 0 Å². The van der Waals surface area contributed by atoms with Crippen molar-refractivity contribution in [3.05, 3.63) is 65.7 Å². The molecule has 1 atom stereocenters. The Kier molecular flexibility index (Phi) is 3.07. The first-order chi connectivity index (χ1) is 8.84. The molecule has 3 rings (SSSR count). The number of carbonyl (C=O) groups excluding carboxylic acids is 1. The van der Waals surface area contributed by atoms with Gasteiger partial charge in [-0.2, -0.15) is 0 Å². The average molecular weight is 255 g/mol. The van der Waals surface area contributed by atoms with Gasteiger partial charge in [0.15, 0.2) is 0 Å². The Hall–Kier alpha value is -1.74. The monoisotopic (exact) mass is 255 g/mol. The van der Waals surface area contributed by atoms with E-state index in [1.54, 1.807) is 11.8 Å². The zero-order valence-electron chi connectivity index (χ0n) is 9.80. The van der Waals surface area contributed by atoms with Gasteiger partial charge in [0.1, 0.15) is 0 Å². The predicted molar refractivity (Wildman–Crippen MR) is 73.8 cm³/mol. The molecule has 2 aromatic carbocycles. The molecule has 1 aliphatic rings. The zero-order chi connectivity index (χ0) is 12.4. The number of hydrogen-bond donors (Lipinski definition) is 1. The molecule has 0 radical (unpaired) electrons. The predicted octanol–water partition coefficient (Wildman–Crippen LogP) is 3.26. The van der Waals surface area contributed by atoms with Crippen LogP contribution >= 0.6 is 11.8 Å². The molecule has 0 saturated carbocycles. The van der Waals surface area contributed by atoms with Crippen molar-refractivity contribution in [2.24, 2.45) is 0 Å². The topological polar surface area (TPSA) is 29.1 Å². The van der Waals surface area contributed by atoms with Crippen LogP contribution in [-0.2, 0) is 0 Å². The summed E-state index contributed by atoms with van der Waals surface area (Å²) in [6.07, 6.45) is 0. The summed E-state index contributed by atoms with van der Waals surface area (Å²) in [6.45, 7) is 0.669. The van der Waals surface area contributed by atoms with Crippen LogP contribution in [0.4, 0.5) is 0 Å². The lowest BCUT2D eigenvalue weighted by Crippen LogP contribution is -2.25. The summed E-state index contributed by atoms with van der Waals surface area (Å²) < 4.78 is 0. The first-order valence-electron chi connectivity index (χ1n) is 5.93. The molecule has 1 aliphatic heterocycles. The maximum absolute atomic E-state index is 12.0. The molecule has 0 fully saturated rings. The summed E-state index contributed by atoms with van der Waals surface area (Å²) in [6, 6.07) is 18.1. The highest BCUT2D eigenvalue weighted by molar-refractivity contribution is 7.99. The van der Waals surface area contributed by atoms with Gasteiger partial charge in [-0.15, -0.1) is 11.8 Å². The van der Waals surface area contributed by atoms with E-state index in [-0.39, 0.29) is 11.2 Å². The van der Waals surface area contributed by atoms with Gasteiger partial charge < -0.3 is 5.32 Å². The molecule has 1 heterocycles. The fourth-order valence-electron chi connectivity index (χ4n) is 2.09. The summed E-state index contributed by atoms with van der Waals surface area (Å²) in [5, 5.41) is 3.27. The molecule has 0 aromatic heterocycles. The molecule has 18 heavy (non-hydrogen) atoms. The number of thioether (sulfide) groups is 1. The SMILES string of the molecule is O=C1NC[C@H](c2ccccc2)Sc2ccccc21. The molecule has 0 bridgehead atoms. The number of hydrogen-bond acceptors (Lipinski definition) is 2. The van der Waals surface area contributed by atoms with E-state index in [0.29, 0.717) is 6.54 Å². The molecule has 2 nitrogen and oxygen atoms in total. The van der Waals surface area contributed by atoms with E-state index in [4.69, 9.17) is 0 Å². The maximum Gasteiger partial charge on any atom is 0.252 e. The second-order valence-corrected chi connectivity index (χ2v) is 5.47. The van der Waals surface area contributed by atoms with Crippen molar-refractivity contribution in [1.82, 2.24) is 5.32 Å². The molecule has 3 heteroatoms. The van der Waals surface area contributed by atoms with E-state index < -0.39 is 0 Å². The number of fused-ring (bicyclic) bond motifs is 1. The Labute approximate surface area is 110 Å². The average Bonchev–Trinajstić information content (AvgIpc) is 2.60. The van der Waals surface area contributed by atoms with Crippen molar-refractivity contribution in [3.63, 3.8) is 0 Å². The second kappa shape index (κ2) is 4.86. The maximum atomic E-state index is 12.0. The van der Waals surface area contributed by atoms with Crippen molar-refractivity contribution in [3.8, 4) is 0 Å². The Morgan fingerprint density at radius 1 is 1.00 bits per heavy atom. The van der Waals surface area contributed by atoms with Gasteiger partial charge >= 0.3 is 0 Å². The van der Waals surface area contributed by atoms with Gasteiger partial charge in [-0.3, -0.25) is 4.79 Å². The van der Waals surface area contributed by atoms with Crippen molar-refractivity contribution in [1.29, 1.82) is 0 Å². The van der Waals surface area contributed by atoms with Crippen LogP contribution in [-0.4, -0.2) is 12.5 Å². The number of carbonyl (C=O) groups is 1. The van der Waals surface area contributed by atoms with Gasteiger partial charge in [0.05, 0.1) is 10.8 Å². The van der Waals surface area contributed by atoms with E-state index >= 15 is 0 Å². The first kappa shape index (κ1) is 11.4. The third kappa shape index (κ3) is 2.14. The molecule has 0 saturated heterocycles. The zero-order valence-corrected chi connectivity index (χ0v) is 10.6. The van der Waals surface area contributed by atoms with Crippen LogP contribution in [0, 0.1) is 0 Å². The molecule has 90 valence electrons.